The first kappa shape index (κ1) is 15.2. The Hall–Kier alpha value is -2.67. The first-order valence-electron chi connectivity index (χ1n) is 6.91. The van der Waals surface area contributed by atoms with Gasteiger partial charge in [0.1, 0.15) is 5.25 Å². The lowest BCUT2D eigenvalue weighted by Gasteiger charge is -2.00. The molecule has 116 valence electrons. The predicted molar refractivity (Wildman–Crippen MR) is 90.8 cm³/mol. The molecule has 1 amide bonds. The lowest BCUT2D eigenvalue weighted by molar-refractivity contribution is -0.138. The lowest BCUT2D eigenvalue weighted by Crippen LogP contribution is -2.26. The largest absolute Gasteiger partial charge is 0.481 e. The van der Waals surface area contributed by atoms with Gasteiger partial charge in [-0.15, -0.1) is 5.10 Å². The van der Waals surface area contributed by atoms with Crippen molar-refractivity contribution in [2.24, 2.45) is 10.2 Å². The molecule has 0 aromatic heterocycles. The molecule has 2 aromatic rings. The second-order valence-corrected chi connectivity index (χ2v) is 6.10. The fraction of sp³-hybridized carbons (Fsp3) is 0.125. The molecule has 1 aliphatic heterocycles. The van der Waals surface area contributed by atoms with E-state index >= 15 is 0 Å². The van der Waals surface area contributed by atoms with Crippen LogP contribution in [0.1, 0.15) is 12.0 Å². The van der Waals surface area contributed by atoms with Gasteiger partial charge in [-0.25, -0.2) is 0 Å². The van der Waals surface area contributed by atoms with Crippen LogP contribution in [-0.2, 0) is 9.59 Å². The molecule has 1 aliphatic rings. The topological polar surface area (TPSA) is 91.1 Å². The second kappa shape index (κ2) is 6.62. The second-order valence-electron chi connectivity index (χ2n) is 4.91. The van der Waals surface area contributed by atoms with E-state index in [1.165, 1.54) is 0 Å². The van der Waals surface area contributed by atoms with E-state index in [9.17, 15) is 9.59 Å². The number of amidine groups is 1. The number of amides is 1. The molecule has 0 bridgehead atoms. The third-order valence-corrected chi connectivity index (χ3v) is 4.38. The van der Waals surface area contributed by atoms with Crippen molar-refractivity contribution in [3.63, 3.8) is 0 Å². The van der Waals surface area contributed by atoms with Crippen molar-refractivity contribution in [1.29, 1.82) is 0 Å². The number of benzene rings is 2. The van der Waals surface area contributed by atoms with E-state index in [1.54, 1.807) is 6.21 Å². The molecule has 0 aliphatic carbocycles. The normalized spacial score (nSPS) is 19.6. The number of nitrogens with one attached hydrogen (secondary N) is 1. The van der Waals surface area contributed by atoms with Gasteiger partial charge in [-0.05, 0) is 10.8 Å². The van der Waals surface area contributed by atoms with Gasteiger partial charge in [0.25, 0.3) is 0 Å². The highest BCUT2D eigenvalue weighted by molar-refractivity contribution is 8.15. The van der Waals surface area contributed by atoms with Crippen LogP contribution in [0, 0.1) is 0 Å². The number of carbonyl (C=O) groups excluding carboxylic acids is 1. The van der Waals surface area contributed by atoms with Gasteiger partial charge in [0.15, 0.2) is 5.17 Å². The van der Waals surface area contributed by atoms with Gasteiger partial charge in [0.05, 0.1) is 12.6 Å². The van der Waals surface area contributed by atoms with Crippen molar-refractivity contribution < 1.29 is 14.7 Å². The maximum absolute atomic E-state index is 11.6. The summed E-state index contributed by atoms with van der Waals surface area (Å²) >= 11 is 1.08. The summed E-state index contributed by atoms with van der Waals surface area (Å²) in [4.78, 5) is 22.3. The van der Waals surface area contributed by atoms with Crippen LogP contribution in [0.15, 0.2) is 52.7 Å². The number of aliphatic carboxylic acids is 1. The Morgan fingerprint density at radius 2 is 2.04 bits per heavy atom. The minimum absolute atomic E-state index is 0.234. The van der Waals surface area contributed by atoms with Crippen molar-refractivity contribution in [1.82, 2.24) is 5.32 Å². The number of carbonyl (C=O) groups is 2. The predicted octanol–water partition coefficient (Wildman–Crippen LogP) is 2.24. The smallest absolute Gasteiger partial charge is 0.305 e. The molecule has 2 aromatic carbocycles. The number of fused-ring (bicyclic) bond motifs is 1. The average molecular weight is 327 g/mol. The van der Waals surface area contributed by atoms with Gasteiger partial charge in [0.2, 0.25) is 5.91 Å². The van der Waals surface area contributed by atoms with Gasteiger partial charge < -0.3 is 10.4 Å². The van der Waals surface area contributed by atoms with Gasteiger partial charge in [-0.2, -0.15) is 5.10 Å². The van der Waals surface area contributed by atoms with E-state index in [2.05, 4.69) is 15.5 Å². The van der Waals surface area contributed by atoms with Crippen LogP contribution >= 0.6 is 11.8 Å². The molecule has 1 saturated heterocycles. The summed E-state index contributed by atoms with van der Waals surface area (Å²) in [6, 6.07) is 13.8. The lowest BCUT2D eigenvalue weighted by atomic mass is 10.1. The fourth-order valence-corrected chi connectivity index (χ4v) is 3.17. The summed E-state index contributed by atoms with van der Waals surface area (Å²) in [5, 5.41) is 21.1. The molecule has 0 radical (unpaired) electrons. The van der Waals surface area contributed by atoms with E-state index in [0.29, 0.717) is 5.17 Å². The van der Waals surface area contributed by atoms with E-state index < -0.39 is 11.2 Å². The fourth-order valence-electron chi connectivity index (χ4n) is 2.25. The van der Waals surface area contributed by atoms with Crippen LogP contribution in [0.3, 0.4) is 0 Å². The third kappa shape index (κ3) is 3.57. The van der Waals surface area contributed by atoms with Crippen LogP contribution in [0.25, 0.3) is 10.8 Å². The molecule has 3 rings (SSSR count). The SMILES string of the molecule is O=C(O)CC1S/C(=N/N=C/c2cccc3ccccc23)NC1=O. The van der Waals surface area contributed by atoms with E-state index in [-0.39, 0.29) is 12.3 Å². The Kier molecular flexibility index (Phi) is 4.38. The number of rotatable bonds is 4. The Morgan fingerprint density at radius 1 is 1.26 bits per heavy atom. The van der Waals surface area contributed by atoms with E-state index in [0.717, 1.165) is 28.1 Å². The Morgan fingerprint density at radius 3 is 2.87 bits per heavy atom. The van der Waals surface area contributed by atoms with Gasteiger partial charge in [0, 0.05) is 5.56 Å². The zero-order valence-electron chi connectivity index (χ0n) is 12.0. The molecule has 0 spiro atoms. The molecular weight excluding hydrogens is 314 g/mol. The molecule has 23 heavy (non-hydrogen) atoms. The minimum Gasteiger partial charge on any atom is -0.481 e. The molecule has 1 fully saturated rings. The van der Waals surface area contributed by atoms with Gasteiger partial charge >= 0.3 is 5.97 Å². The van der Waals surface area contributed by atoms with Crippen molar-refractivity contribution in [3.05, 3.63) is 48.0 Å². The molecule has 1 atom stereocenters. The van der Waals surface area contributed by atoms with Crippen LogP contribution in [0.4, 0.5) is 0 Å². The standard InChI is InChI=1S/C16H13N3O3S/c20-14(21)8-13-15(22)18-16(23-13)19-17-9-11-6-3-5-10-4-1-2-7-12(10)11/h1-7,9,13H,8H2,(H,20,21)(H,18,19,22)/b17-9+. The van der Waals surface area contributed by atoms with Gasteiger partial charge in [-0.1, -0.05) is 54.2 Å². The highest BCUT2D eigenvalue weighted by Crippen LogP contribution is 2.22. The zero-order valence-corrected chi connectivity index (χ0v) is 12.8. The van der Waals surface area contributed by atoms with E-state index in [1.807, 2.05) is 42.5 Å². The first-order chi connectivity index (χ1) is 11.1. The number of thioether (sulfide) groups is 1. The molecule has 7 heteroatoms. The Labute approximate surface area is 136 Å². The van der Waals surface area contributed by atoms with Crippen molar-refractivity contribution in [2.75, 3.05) is 0 Å². The monoisotopic (exact) mass is 327 g/mol. The Bertz CT molecular complexity index is 827. The zero-order chi connectivity index (χ0) is 16.2. The molecular formula is C16H13N3O3S. The van der Waals surface area contributed by atoms with Crippen LogP contribution < -0.4 is 5.32 Å². The first-order valence-corrected chi connectivity index (χ1v) is 7.79. The van der Waals surface area contributed by atoms with Gasteiger partial charge in [-0.3, -0.25) is 9.59 Å². The molecule has 6 nitrogen and oxygen atoms in total. The third-order valence-electron chi connectivity index (χ3n) is 3.31. The summed E-state index contributed by atoms with van der Waals surface area (Å²) in [5.41, 5.74) is 0.920. The van der Waals surface area contributed by atoms with Crippen molar-refractivity contribution in [2.45, 2.75) is 11.7 Å². The number of hydrogen-bond donors (Lipinski definition) is 2. The molecule has 2 N–H and O–H groups in total. The molecule has 1 unspecified atom stereocenters. The summed E-state index contributed by atoms with van der Waals surface area (Å²) in [6.45, 7) is 0. The van der Waals surface area contributed by atoms with Crippen LogP contribution in [-0.4, -0.2) is 33.6 Å². The summed E-state index contributed by atoms with van der Waals surface area (Å²) in [7, 11) is 0. The van der Waals surface area contributed by atoms with Crippen molar-refractivity contribution in [3.8, 4) is 0 Å². The number of carboxylic acid groups (broad SMARTS) is 1. The highest BCUT2D eigenvalue weighted by atomic mass is 32.2. The van der Waals surface area contributed by atoms with E-state index in [4.69, 9.17) is 5.11 Å². The highest BCUT2D eigenvalue weighted by Gasteiger charge is 2.32. The number of carboxylic acids is 1. The summed E-state index contributed by atoms with van der Waals surface area (Å²) in [5.74, 6) is -1.37. The maximum Gasteiger partial charge on any atom is 0.305 e. The quantitative estimate of drug-likeness (QED) is 0.665. The van der Waals surface area contributed by atoms with Crippen LogP contribution in [0.5, 0.6) is 0 Å². The summed E-state index contributed by atoms with van der Waals surface area (Å²) < 4.78 is 0. The average Bonchev–Trinajstić information content (AvgIpc) is 2.87. The van der Waals surface area contributed by atoms with Crippen LogP contribution in [0.2, 0.25) is 0 Å². The Balaban J connectivity index is 1.76. The number of hydrogen-bond acceptors (Lipinski definition) is 5. The van der Waals surface area contributed by atoms with Crippen molar-refractivity contribution >= 4 is 45.8 Å². The maximum atomic E-state index is 11.6. The molecule has 0 saturated carbocycles. The summed E-state index contributed by atoms with van der Waals surface area (Å²) in [6.07, 6.45) is 1.38. The number of nitrogens with zero attached hydrogens (tertiary/aromatic N) is 2. The molecule has 1 heterocycles. The minimum atomic E-state index is -1.02.